The van der Waals surface area contributed by atoms with Crippen molar-refractivity contribution in [2.45, 2.75) is 56.8 Å². The number of aryl methyl sites for hydroxylation is 1. The van der Waals surface area contributed by atoms with Crippen LogP contribution < -0.4 is 61.2 Å². The first kappa shape index (κ1) is 24.6. The molecule has 0 aliphatic rings. The summed E-state index contributed by atoms with van der Waals surface area (Å²) in [5, 5.41) is 12.0. The van der Waals surface area contributed by atoms with E-state index in [-0.39, 0.29) is 62.0 Å². The van der Waals surface area contributed by atoms with Gasteiger partial charge in [0, 0.05) is 6.07 Å². The fourth-order valence-electron chi connectivity index (χ4n) is 2.75. The van der Waals surface area contributed by atoms with Crippen LogP contribution in [0.1, 0.15) is 51.0 Å². The quantitative estimate of drug-likeness (QED) is 0.362. The van der Waals surface area contributed by atoms with Crippen LogP contribution in [0.5, 0.6) is 17.2 Å². The molecule has 5 nitrogen and oxygen atoms in total. The van der Waals surface area contributed by atoms with Gasteiger partial charge >= 0.3 is 51.4 Å². The SMILES string of the molecule is CCCCCCCCc1ccccc1Oc1cc(S(=O)(=O)O)ccc1[O-].[K+]. The summed E-state index contributed by atoms with van der Waals surface area (Å²) in [5.74, 6) is -0.0204. The third kappa shape index (κ3) is 8.23. The van der Waals surface area contributed by atoms with Crippen molar-refractivity contribution in [3.63, 3.8) is 0 Å². The van der Waals surface area contributed by atoms with Crippen LogP contribution in [0.25, 0.3) is 0 Å². The molecule has 1 N–H and O–H groups in total. The molecule has 0 saturated heterocycles. The van der Waals surface area contributed by atoms with E-state index < -0.39 is 15.9 Å². The molecule has 0 atom stereocenters. The van der Waals surface area contributed by atoms with Crippen LogP contribution in [0.4, 0.5) is 0 Å². The number of unbranched alkanes of at least 4 members (excludes halogenated alkanes) is 5. The molecule has 142 valence electrons. The van der Waals surface area contributed by atoms with Crippen molar-refractivity contribution in [3.8, 4) is 17.2 Å². The second-order valence-electron chi connectivity index (χ2n) is 6.31. The summed E-state index contributed by atoms with van der Waals surface area (Å²) >= 11 is 0. The summed E-state index contributed by atoms with van der Waals surface area (Å²) < 4.78 is 37.4. The molecule has 2 aromatic rings. The van der Waals surface area contributed by atoms with Gasteiger partial charge in [-0.1, -0.05) is 69.0 Å². The Morgan fingerprint density at radius 3 is 2.33 bits per heavy atom. The Morgan fingerprint density at radius 2 is 1.63 bits per heavy atom. The van der Waals surface area contributed by atoms with Crippen molar-refractivity contribution in [2.75, 3.05) is 0 Å². The monoisotopic (exact) mass is 416 g/mol. The maximum absolute atomic E-state index is 12.0. The molecule has 0 unspecified atom stereocenters. The van der Waals surface area contributed by atoms with E-state index in [9.17, 15) is 13.5 Å². The molecule has 0 spiro atoms. The average molecular weight is 417 g/mol. The van der Waals surface area contributed by atoms with E-state index in [1.165, 1.54) is 25.7 Å². The molecule has 0 heterocycles. The number of benzene rings is 2. The summed E-state index contributed by atoms with van der Waals surface area (Å²) in [6.45, 7) is 2.19. The van der Waals surface area contributed by atoms with Crippen LogP contribution in [0.15, 0.2) is 47.4 Å². The minimum Gasteiger partial charge on any atom is -0.870 e. The van der Waals surface area contributed by atoms with E-state index in [2.05, 4.69) is 6.92 Å². The molecular weight excluding hydrogens is 391 g/mol. The first-order valence-electron chi connectivity index (χ1n) is 8.96. The fraction of sp³-hybridized carbons (Fsp3) is 0.400. The fourth-order valence-corrected chi connectivity index (χ4v) is 3.25. The number of hydrogen-bond donors (Lipinski definition) is 1. The number of rotatable bonds is 10. The van der Waals surface area contributed by atoms with Gasteiger partial charge in [0.15, 0.2) is 0 Å². The molecule has 0 amide bonds. The molecule has 0 aliphatic carbocycles. The van der Waals surface area contributed by atoms with E-state index in [0.717, 1.165) is 43.0 Å². The van der Waals surface area contributed by atoms with E-state index >= 15 is 0 Å². The van der Waals surface area contributed by atoms with Crippen molar-refractivity contribution in [1.82, 2.24) is 0 Å². The Bertz CT molecular complexity index is 821. The van der Waals surface area contributed by atoms with E-state index in [1.54, 1.807) is 12.1 Å². The van der Waals surface area contributed by atoms with Crippen molar-refractivity contribution in [2.24, 2.45) is 0 Å². The molecular formula is C20H25KO5S. The minimum absolute atomic E-state index is 0. The van der Waals surface area contributed by atoms with Gasteiger partial charge in [-0.05, 0) is 30.5 Å². The van der Waals surface area contributed by atoms with Crippen molar-refractivity contribution in [1.29, 1.82) is 0 Å². The predicted molar refractivity (Wildman–Crippen MR) is 99.3 cm³/mol. The number of para-hydroxylation sites is 1. The first-order chi connectivity index (χ1) is 12.4. The zero-order chi connectivity index (χ0) is 19.0. The molecule has 0 aliphatic heterocycles. The predicted octanol–water partition coefficient (Wildman–Crippen LogP) is 1.71. The Morgan fingerprint density at radius 1 is 0.963 bits per heavy atom. The third-order valence-corrected chi connectivity index (χ3v) is 5.05. The normalized spacial score (nSPS) is 11.0. The molecule has 0 radical (unpaired) electrons. The Hall–Kier alpha value is -0.414. The molecule has 0 saturated carbocycles. The van der Waals surface area contributed by atoms with Gasteiger partial charge in [0.05, 0.1) is 4.90 Å². The van der Waals surface area contributed by atoms with Crippen molar-refractivity contribution < 1.29 is 74.2 Å². The van der Waals surface area contributed by atoms with Gasteiger partial charge in [-0.25, -0.2) is 0 Å². The number of ether oxygens (including phenoxy) is 1. The van der Waals surface area contributed by atoms with Crippen LogP contribution in [0.2, 0.25) is 0 Å². The second kappa shape index (κ2) is 12.2. The molecule has 2 aromatic carbocycles. The summed E-state index contributed by atoms with van der Waals surface area (Å²) in [6.07, 6.45) is 7.93. The van der Waals surface area contributed by atoms with Gasteiger partial charge in [-0.3, -0.25) is 4.55 Å². The van der Waals surface area contributed by atoms with Crippen molar-refractivity contribution >= 4 is 10.1 Å². The standard InChI is InChI=1S/C20H26O5S.K/c1-2-3-4-5-6-7-10-16-11-8-9-12-19(16)25-20-15-17(26(22,23)24)13-14-18(20)21;/h8-9,11-15,21H,2-7,10H2,1H3,(H,22,23,24);/q;+1/p-1. The Labute approximate surface area is 204 Å². The molecule has 0 aromatic heterocycles. The first-order valence-corrected chi connectivity index (χ1v) is 10.4. The van der Waals surface area contributed by atoms with Gasteiger partial charge in [-0.2, -0.15) is 8.42 Å². The largest absolute Gasteiger partial charge is 1.00 e. The summed E-state index contributed by atoms with van der Waals surface area (Å²) in [6, 6.07) is 10.6. The summed E-state index contributed by atoms with van der Waals surface area (Å²) in [5.41, 5.74) is 0.972. The van der Waals surface area contributed by atoms with Gasteiger partial charge in [0.2, 0.25) is 0 Å². The second-order valence-corrected chi connectivity index (χ2v) is 7.73. The van der Waals surface area contributed by atoms with Crippen LogP contribution in [-0.4, -0.2) is 13.0 Å². The van der Waals surface area contributed by atoms with Crippen LogP contribution in [0, 0.1) is 0 Å². The Balaban J connectivity index is 0.00000364. The van der Waals surface area contributed by atoms with Gasteiger partial charge in [0.1, 0.15) is 11.5 Å². The Kier molecular flexibility index (Phi) is 11.1. The summed E-state index contributed by atoms with van der Waals surface area (Å²) in [7, 11) is -4.39. The molecule has 2 rings (SSSR count). The van der Waals surface area contributed by atoms with Crippen LogP contribution in [0.3, 0.4) is 0 Å². The van der Waals surface area contributed by atoms with Gasteiger partial charge in [-0.15, -0.1) is 0 Å². The van der Waals surface area contributed by atoms with E-state index in [1.807, 2.05) is 12.1 Å². The zero-order valence-corrected chi connectivity index (χ0v) is 19.9. The molecule has 27 heavy (non-hydrogen) atoms. The molecule has 0 fully saturated rings. The topological polar surface area (TPSA) is 86.7 Å². The third-order valence-electron chi connectivity index (χ3n) is 4.21. The smallest absolute Gasteiger partial charge is 0.870 e. The molecule has 0 bridgehead atoms. The van der Waals surface area contributed by atoms with Gasteiger partial charge in [0.25, 0.3) is 10.1 Å². The van der Waals surface area contributed by atoms with Crippen LogP contribution in [-0.2, 0) is 16.5 Å². The minimum atomic E-state index is -4.39. The van der Waals surface area contributed by atoms with E-state index in [0.29, 0.717) is 5.75 Å². The van der Waals surface area contributed by atoms with Crippen LogP contribution >= 0.6 is 0 Å². The van der Waals surface area contributed by atoms with Gasteiger partial charge < -0.3 is 9.84 Å². The average Bonchev–Trinajstić information content (AvgIpc) is 2.60. The zero-order valence-electron chi connectivity index (χ0n) is 16.0. The summed E-state index contributed by atoms with van der Waals surface area (Å²) in [4.78, 5) is -0.361. The number of hydrogen-bond acceptors (Lipinski definition) is 4. The van der Waals surface area contributed by atoms with Crippen molar-refractivity contribution in [3.05, 3.63) is 48.0 Å². The maximum atomic E-state index is 12.0. The molecule has 7 heteroatoms. The maximum Gasteiger partial charge on any atom is 1.00 e. The van der Waals surface area contributed by atoms with E-state index in [4.69, 9.17) is 9.29 Å².